The van der Waals surface area contributed by atoms with Crippen LogP contribution in [-0.2, 0) is 0 Å². The summed E-state index contributed by atoms with van der Waals surface area (Å²) < 4.78 is 5.81. The lowest BCUT2D eigenvalue weighted by Crippen LogP contribution is -2.20. The summed E-state index contributed by atoms with van der Waals surface area (Å²) in [5, 5.41) is 10.0. The van der Waals surface area contributed by atoms with E-state index in [-0.39, 0.29) is 5.56 Å². The van der Waals surface area contributed by atoms with Crippen LogP contribution in [0.15, 0.2) is 47.3 Å². The Labute approximate surface area is 118 Å². The molecule has 0 saturated heterocycles. The van der Waals surface area contributed by atoms with Gasteiger partial charge in [-0.15, -0.1) is 0 Å². The number of rotatable bonds is 1. The first-order chi connectivity index (χ1) is 10.2. The first kappa shape index (κ1) is 11.7. The van der Waals surface area contributed by atoms with Crippen molar-refractivity contribution in [3.05, 3.63) is 58.4 Å². The van der Waals surface area contributed by atoms with Crippen molar-refractivity contribution in [1.29, 1.82) is 0 Å². The molecule has 2 N–H and O–H groups in total. The molecule has 0 saturated carbocycles. The van der Waals surface area contributed by atoms with Gasteiger partial charge in [0.2, 0.25) is 0 Å². The van der Waals surface area contributed by atoms with E-state index in [9.17, 15) is 14.7 Å². The summed E-state index contributed by atoms with van der Waals surface area (Å²) in [6, 6.07) is 12.3. The average Bonchev–Trinajstić information content (AvgIpc) is 2.46. The van der Waals surface area contributed by atoms with Crippen molar-refractivity contribution in [1.82, 2.24) is 4.98 Å². The van der Waals surface area contributed by atoms with Crippen molar-refractivity contribution in [2.75, 3.05) is 0 Å². The van der Waals surface area contributed by atoms with Gasteiger partial charge in [0, 0.05) is 16.5 Å². The molecule has 0 unspecified atom stereocenters. The predicted molar refractivity (Wildman–Crippen MR) is 77.0 cm³/mol. The van der Waals surface area contributed by atoms with Gasteiger partial charge < -0.3 is 14.8 Å². The summed E-state index contributed by atoms with van der Waals surface area (Å²) in [6.07, 6.45) is 0. The molecular formula is C16H9NO4. The van der Waals surface area contributed by atoms with Crippen molar-refractivity contribution in [3.8, 4) is 22.6 Å². The minimum atomic E-state index is -1.25. The van der Waals surface area contributed by atoms with Crippen LogP contribution in [-0.4, -0.2) is 16.1 Å². The molecule has 0 aliphatic carbocycles. The van der Waals surface area contributed by atoms with Crippen LogP contribution in [0.3, 0.4) is 0 Å². The van der Waals surface area contributed by atoms with Gasteiger partial charge in [-0.3, -0.25) is 4.79 Å². The van der Waals surface area contributed by atoms with E-state index in [1.807, 2.05) is 0 Å². The molecule has 0 fully saturated rings. The van der Waals surface area contributed by atoms with Crippen LogP contribution in [0.2, 0.25) is 0 Å². The Hall–Kier alpha value is -3.08. The van der Waals surface area contributed by atoms with Crippen molar-refractivity contribution < 1.29 is 14.6 Å². The molecule has 5 heteroatoms. The molecule has 5 nitrogen and oxygen atoms in total. The summed E-state index contributed by atoms with van der Waals surface area (Å²) in [6.45, 7) is 0. The number of pyridine rings is 1. The Morgan fingerprint density at radius 1 is 1.05 bits per heavy atom. The van der Waals surface area contributed by atoms with Crippen molar-refractivity contribution in [2.24, 2.45) is 0 Å². The number of hydrogen-bond donors (Lipinski definition) is 2. The highest BCUT2D eigenvalue weighted by Crippen LogP contribution is 2.46. The molecule has 2 heterocycles. The monoisotopic (exact) mass is 279 g/mol. The maximum absolute atomic E-state index is 12.1. The summed E-state index contributed by atoms with van der Waals surface area (Å²) >= 11 is 0. The quantitative estimate of drug-likeness (QED) is 0.561. The number of para-hydroxylation sites is 1. The topological polar surface area (TPSA) is 79.4 Å². The van der Waals surface area contributed by atoms with Gasteiger partial charge in [-0.1, -0.05) is 24.3 Å². The highest BCUT2D eigenvalue weighted by molar-refractivity contribution is 6.10. The third kappa shape index (κ3) is 1.51. The van der Waals surface area contributed by atoms with Crippen LogP contribution < -0.4 is 10.3 Å². The molecule has 0 spiro atoms. The molecular weight excluding hydrogens is 270 g/mol. The van der Waals surface area contributed by atoms with E-state index in [2.05, 4.69) is 4.98 Å². The molecule has 0 atom stereocenters. The zero-order chi connectivity index (χ0) is 14.6. The summed E-state index contributed by atoms with van der Waals surface area (Å²) in [5.41, 5.74) is 0.722. The van der Waals surface area contributed by atoms with Crippen LogP contribution in [0.1, 0.15) is 10.4 Å². The molecule has 1 aliphatic rings. The number of benzene rings is 2. The summed E-state index contributed by atoms with van der Waals surface area (Å²) in [5.74, 6) is -0.162. The summed E-state index contributed by atoms with van der Waals surface area (Å²) in [4.78, 5) is 26.3. The van der Waals surface area contributed by atoms with E-state index in [0.29, 0.717) is 33.5 Å². The van der Waals surface area contributed by atoms with Gasteiger partial charge >= 0.3 is 5.97 Å². The van der Waals surface area contributed by atoms with Crippen LogP contribution >= 0.6 is 0 Å². The number of nitrogens with one attached hydrogen (secondary N) is 1. The van der Waals surface area contributed by atoms with E-state index in [0.717, 1.165) is 0 Å². The van der Waals surface area contributed by atoms with E-state index in [1.54, 1.807) is 42.5 Å². The first-order valence-corrected chi connectivity index (χ1v) is 6.36. The van der Waals surface area contributed by atoms with Crippen molar-refractivity contribution in [2.45, 2.75) is 0 Å². The number of aromatic amines is 1. The number of aromatic nitrogens is 1. The first-order valence-electron chi connectivity index (χ1n) is 6.36. The second-order valence-corrected chi connectivity index (χ2v) is 4.79. The maximum atomic E-state index is 12.1. The smallest absolute Gasteiger partial charge is 0.342 e. The number of H-pyrrole nitrogens is 1. The van der Waals surface area contributed by atoms with Gasteiger partial charge in [0.05, 0.1) is 5.52 Å². The van der Waals surface area contributed by atoms with Crippen molar-refractivity contribution >= 4 is 16.9 Å². The molecule has 2 aromatic carbocycles. The van der Waals surface area contributed by atoms with Crippen LogP contribution in [0, 0.1) is 0 Å². The lowest BCUT2D eigenvalue weighted by atomic mass is 9.93. The number of hydrogen-bond acceptors (Lipinski definition) is 3. The van der Waals surface area contributed by atoms with Gasteiger partial charge in [0.25, 0.3) is 5.56 Å². The van der Waals surface area contributed by atoms with Crippen LogP contribution in [0.5, 0.6) is 11.5 Å². The number of aromatic carboxylic acids is 1. The lowest BCUT2D eigenvalue weighted by molar-refractivity contribution is 0.0696. The second-order valence-electron chi connectivity index (χ2n) is 4.79. The maximum Gasteiger partial charge on any atom is 0.342 e. The number of ether oxygens (including phenoxy) is 1. The molecule has 0 radical (unpaired) electrons. The third-order valence-electron chi connectivity index (χ3n) is 3.59. The molecule has 21 heavy (non-hydrogen) atoms. The SMILES string of the molecule is O=C(O)c1c2c3c(cccc3[nH]c1=O)Oc1ccccc1-2. The predicted octanol–water partition coefficient (Wildman–Crippen LogP) is 3.00. The Morgan fingerprint density at radius 3 is 2.62 bits per heavy atom. The zero-order valence-corrected chi connectivity index (χ0v) is 10.7. The average molecular weight is 279 g/mol. The van der Waals surface area contributed by atoms with Gasteiger partial charge in [-0.05, 0) is 18.2 Å². The van der Waals surface area contributed by atoms with E-state index in [4.69, 9.17) is 4.74 Å². The van der Waals surface area contributed by atoms with Crippen LogP contribution in [0.4, 0.5) is 0 Å². The molecule has 3 aromatic rings. The van der Waals surface area contributed by atoms with Crippen molar-refractivity contribution in [3.63, 3.8) is 0 Å². The number of carboxylic acids is 1. The zero-order valence-electron chi connectivity index (χ0n) is 10.7. The van der Waals surface area contributed by atoms with Crippen LogP contribution in [0.25, 0.3) is 22.0 Å². The minimum absolute atomic E-state index is 0.259. The van der Waals surface area contributed by atoms with Gasteiger partial charge in [-0.25, -0.2) is 4.79 Å². The normalized spacial score (nSPS) is 11.8. The molecule has 1 aromatic heterocycles. The Kier molecular flexibility index (Phi) is 2.21. The third-order valence-corrected chi connectivity index (χ3v) is 3.59. The lowest BCUT2D eigenvalue weighted by Gasteiger charge is -2.21. The fourth-order valence-electron chi connectivity index (χ4n) is 2.76. The fraction of sp³-hybridized carbons (Fsp3) is 0. The largest absolute Gasteiger partial charge is 0.477 e. The minimum Gasteiger partial charge on any atom is -0.477 e. The fourth-order valence-corrected chi connectivity index (χ4v) is 2.76. The Morgan fingerprint density at radius 2 is 1.81 bits per heavy atom. The molecule has 4 rings (SSSR count). The Bertz CT molecular complexity index is 972. The van der Waals surface area contributed by atoms with Gasteiger partial charge in [0.1, 0.15) is 17.1 Å². The summed E-state index contributed by atoms with van der Waals surface area (Å²) in [7, 11) is 0. The Balaban J connectivity index is 2.30. The van der Waals surface area contributed by atoms with E-state index in [1.165, 1.54) is 0 Å². The van der Waals surface area contributed by atoms with Gasteiger partial charge in [0.15, 0.2) is 0 Å². The molecule has 0 bridgehead atoms. The standard InChI is InChI=1S/C16H9NO4/c18-15-14(16(19)20)12-8-4-1-2-6-10(8)21-11-7-3-5-9(17-15)13(11)12/h1-7H,(H,17,18)(H,19,20). The number of carbonyl (C=O) groups is 1. The highest BCUT2D eigenvalue weighted by atomic mass is 16.5. The highest BCUT2D eigenvalue weighted by Gasteiger charge is 2.27. The van der Waals surface area contributed by atoms with E-state index < -0.39 is 11.5 Å². The number of fused-ring (bicyclic) bond motifs is 2. The second kappa shape index (κ2) is 3.96. The number of carboxylic acid groups (broad SMARTS) is 1. The molecule has 1 aliphatic heterocycles. The molecule has 102 valence electrons. The van der Waals surface area contributed by atoms with Gasteiger partial charge in [-0.2, -0.15) is 0 Å². The van der Waals surface area contributed by atoms with E-state index >= 15 is 0 Å². The molecule has 0 amide bonds.